The van der Waals surface area contributed by atoms with E-state index in [2.05, 4.69) is 10.6 Å². The smallest absolute Gasteiger partial charge is 0.226 e. The molecule has 0 radical (unpaired) electrons. The third-order valence-corrected chi connectivity index (χ3v) is 3.40. The van der Waals surface area contributed by atoms with E-state index in [1.54, 1.807) is 0 Å². The van der Waals surface area contributed by atoms with Crippen LogP contribution in [0.4, 0.5) is 11.4 Å². The van der Waals surface area contributed by atoms with Crippen molar-refractivity contribution in [3.8, 4) is 0 Å². The van der Waals surface area contributed by atoms with Gasteiger partial charge in [0, 0.05) is 23.3 Å². The molecule has 0 unspecified atom stereocenters. The molecule has 1 aromatic carbocycles. The van der Waals surface area contributed by atoms with Gasteiger partial charge >= 0.3 is 0 Å². The van der Waals surface area contributed by atoms with E-state index in [4.69, 9.17) is 0 Å². The minimum atomic E-state index is 0.0151. The summed E-state index contributed by atoms with van der Waals surface area (Å²) in [7, 11) is 0. The zero-order valence-electron chi connectivity index (χ0n) is 11.2. The topological polar surface area (TPSA) is 41.1 Å². The number of hydrogen-bond acceptors (Lipinski definition) is 2. The van der Waals surface area contributed by atoms with Crippen molar-refractivity contribution in [2.75, 3.05) is 10.6 Å². The van der Waals surface area contributed by atoms with E-state index >= 15 is 0 Å². The van der Waals surface area contributed by atoms with Gasteiger partial charge in [-0.25, -0.2) is 0 Å². The highest BCUT2D eigenvalue weighted by Crippen LogP contribution is 2.23. The van der Waals surface area contributed by atoms with Gasteiger partial charge in [0.2, 0.25) is 5.91 Å². The van der Waals surface area contributed by atoms with Gasteiger partial charge in [-0.2, -0.15) is 0 Å². The first kappa shape index (κ1) is 12.9. The highest BCUT2D eigenvalue weighted by molar-refractivity contribution is 5.92. The molecule has 0 bridgehead atoms. The first-order valence-corrected chi connectivity index (χ1v) is 6.82. The summed E-state index contributed by atoms with van der Waals surface area (Å²) in [5.41, 5.74) is 2.01. The molecule has 18 heavy (non-hydrogen) atoms. The standard InChI is InChI=1S/C15H22N2O/c1-11(2)15(18)17-14-9-7-13(8-10-14)16-12-5-3-4-6-12/h7-12,16H,3-6H2,1-2H3,(H,17,18). The normalized spacial score (nSPS) is 15.9. The molecule has 3 heteroatoms. The van der Waals surface area contributed by atoms with Crippen LogP contribution < -0.4 is 10.6 Å². The van der Waals surface area contributed by atoms with Gasteiger partial charge in [0.1, 0.15) is 0 Å². The van der Waals surface area contributed by atoms with Crippen molar-refractivity contribution in [2.24, 2.45) is 5.92 Å². The van der Waals surface area contributed by atoms with E-state index in [-0.39, 0.29) is 11.8 Å². The highest BCUT2D eigenvalue weighted by Gasteiger charge is 2.14. The number of amides is 1. The summed E-state index contributed by atoms with van der Waals surface area (Å²) >= 11 is 0. The van der Waals surface area contributed by atoms with E-state index in [0.29, 0.717) is 6.04 Å². The van der Waals surface area contributed by atoms with Gasteiger partial charge in [-0.3, -0.25) is 4.79 Å². The van der Waals surface area contributed by atoms with Crippen molar-refractivity contribution in [3.05, 3.63) is 24.3 Å². The third-order valence-electron chi connectivity index (χ3n) is 3.40. The summed E-state index contributed by atoms with van der Waals surface area (Å²) in [6.07, 6.45) is 5.21. The molecule has 1 aromatic rings. The molecule has 0 spiro atoms. The van der Waals surface area contributed by atoms with E-state index in [9.17, 15) is 4.79 Å². The minimum absolute atomic E-state index is 0.0151. The van der Waals surface area contributed by atoms with Crippen LogP contribution >= 0.6 is 0 Å². The van der Waals surface area contributed by atoms with Crippen molar-refractivity contribution in [1.82, 2.24) is 0 Å². The fourth-order valence-electron chi connectivity index (χ4n) is 2.24. The lowest BCUT2D eigenvalue weighted by Crippen LogP contribution is -2.18. The SMILES string of the molecule is CC(C)C(=O)Nc1ccc(NC2CCCC2)cc1. The molecule has 0 aliphatic heterocycles. The Kier molecular flexibility index (Phi) is 4.24. The van der Waals surface area contributed by atoms with E-state index in [1.165, 1.54) is 25.7 Å². The van der Waals surface area contributed by atoms with Crippen LogP contribution in [0.1, 0.15) is 39.5 Å². The van der Waals surface area contributed by atoms with Crippen LogP contribution in [0.2, 0.25) is 0 Å². The third kappa shape index (κ3) is 3.49. The lowest BCUT2D eigenvalue weighted by Gasteiger charge is -2.14. The fourth-order valence-corrected chi connectivity index (χ4v) is 2.24. The van der Waals surface area contributed by atoms with Crippen molar-refractivity contribution < 1.29 is 4.79 Å². The molecule has 1 amide bonds. The Labute approximate surface area is 109 Å². The van der Waals surface area contributed by atoms with Crippen LogP contribution in [-0.4, -0.2) is 11.9 Å². The zero-order chi connectivity index (χ0) is 13.0. The second-order valence-electron chi connectivity index (χ2n) is 5.35. The molecule has 1 aliphatic carbocycles. The van der Waals surface area contributed by atoms with Crippen LogP contribution in [-0.2, 0) is 4.79 Å². The maximum absolute atomic E-state index is 11.5. The minimum Gasteiger partial charge on any atom is -0.382 e. The van der Waals surface area contributed by atoms with Gasteiger partial charge in [-0.05, 0) is 37.1 Å². The van der Waals surface area contributed by atoms with E-state index < -0.39 is 0 Å². The molecular formula is C15H22N2O. The molecule has 1 aliphatic rings. The number of benzene rings is 1. The van der Waals surface area contributed by atoms with Crippen LogP contribution in [0, 0.1) is 5.92 Å². The number of nitrogens with one attached hydrogen (secondary N) is 2. The number of rotatable bonds is 4. The maximum Gasteiger partial charge on any atom is 0.226 e. The van der Waals surface area contributed by atoms with Gasteiger partial charge in [-0.1, -0.05) is 26.7 Å². The lowest BCUT2D eigenvalue weighted by molar-refractivity contribution is -0.118. The molecule has 2 rings (SSSR count). The van der Waals surface area contributed by atoms with E-state index in [1.807, 2.05) is 38.1 Å². The van der Waals surface area contributed by atoms with Crippen molar-refractivity contribution >= 4 is 17.3 Å². The first-order chi connectivity index (χ1) is 8.65. The monoisotopic (exact) mass is 246 g/mol. The lowest BCUT2D eigenvalue weighted by atomic mass is 10.2. The molecule has 0 aromatic heterocycles. The number of hydrogen-bond donors (Lipinski definition) is 2. The van der Waals surface area contributed by atoms with Crippen LogP contribution in [0.5, 0.6) is 0 Å². The number of carbonyl (C=O) groups excluding carboxylic acids is 1. The van der Waals surface area contributed by atoms with Gasteiger partial charge < -0.3 is 10.6 Å². The predicted molar refractivity (Wildman–Crippen MR) is 75.8 cm³/mol. The van der Waals surface area contributed by atoms with Gasteiger partial charge in [0.25, 0.3) is 0 Å². The summed E-state index contributed by atoms with van der Waals surface area (Å²) in [6.45, 7) is 3.79. The maximum atomic E-state index is 11.5. The molecule has 0 atom stereocenters. The van der Waals surface area contributed by atoms with Crippen LogP contribution in [0.3, 0.4) is 0 Å². The first-order valence-electron chi connectivity index (χ1n) is 6.82. The zero-order valence-corrected chi connectivity index (χ0v) is 11.2. The Morgan fingerprint density at radius 1 is 1.11 bits per heavy atom. The number of carbonyl (C=O) groups is 1. The van der Waals surface area contributed by atoms with Gasteiger partial charge in [-0.15, -0.1) is 0 Å². The van der Waals surface area contributed by atoms with Gasteiger partial charge in [0.15, 0.2) is 0 Å². The predicted octanol–water partition coefficient (Wildman–Crippen LogP) is 3.64. The molecule has 0 saturated heterocycles. The van der Waals surface area contributed by atoms with Crippen LogP contribution in [0.25, 0.3) is 0 Å². The van der Waals surface area contributed by atoms with Crippen molar-refractivity contribution in [2.45, 2.75) is 45.6 Å². The summed E-state index contributed by atoms with van der Waals surface area (Å²) in [6, 6.07) is 8.61. The van der Waals surface area contributed by atoms with Gasteiger partial charge in [0.05, 0.1) is 0 Å². The second kappa shape index (κ2) is 5.89. The Morgan fingerprint density at radius 3 is 2.22 bits per heavy atom. The Bertz CT molecular complexity index is 391. The van der Waals surface area contributed by atoms with Crippen molar-refractivity contribution in [1.29, 1.82) is 0 Å². The molecule has 2 N–H and O–H groups in total. The largest absolute Gasteiger partial charge is 0.382 e. The highest BCUT2D eigenvalue weighted by atomic mass is 16.1. The number of anilines is 2. The molecule has 1 fully saturated rings. The Morgan fingerprint density at radius 2 is 1.67 bits per heavy atom. The molecule has 1 saturated carbocycles. The fraction of sp³-hybridized carbons (Fsp3) is 0.533. The summed E-state index contributed by atoms with van der Waals surface area (Å²) < 4.78 is 0. The molecular weight excluding hydrogens is 224 g/mol. The Balaban J connectivity index is 1.90. The van der Waals surface area contributed by atoms with Crippen molar-refractivity contribution in [3.63, 3.8) is 0 Å². The summed E-state index contributed by atoms with van der Waals surface area (Å²) in [5.74, 6) is 0.0767. The van der Waals surface area contributed by atoms with Crippen LogP contribution in [0.15, 0.2) is 24.3 Å². The quantitative estimate of drug-likeness (QED) is 0.851. The second-order valence-corrected chi connectivity index (χ2v) is 5.35. The van der Waals surface area contributed by atoms with E-state index in [0.717, 1.165) is 11.4 Å². The molecule has 3 nitrogen and oxygen atoms in total. The summed E-state index contributed by atoms with van der Waals surface area (Å²) in [4.78, 5) is 11.5. The molecule has 98 valence electrons. The Hall–Kier alpha value is -1.51. The molecule has 0 heterocycles. The summed E-state index contributed by atoms with van der Waals surface area (Å²) in [5, 5.41) is 6.43. The average Bonchev–Trinajstić information content (AvgIpc) is 2.84. The average molecular weight is 246 g/mol.